The van der Waals surface area contributed by atoms with Gasteiger partial charge < -0.3 is 10.1 Å². The monoisotopic (exact) mass is 215 g/mol. The van der Waals surface area contributed by atoms with Gasteiger partial charge in [-0.05, 0) is 33.1 Å². The Labute approximate surface area is 93.6 Å². The van der Waals surface area contributed by atoms with Gasteiger partial charge in [-0.15, -0.1) is 0 Å². The van der Waals surface area contributed by atoms with Gasteiger partial charge >= 0.3 is 0 Å². The van der Waals surface area contributed by atoms with Gasteiger partial charge in [0.15, 0.2) is 0 Å². The van der Waals surface area contributed by atoms with E-state index >= 15 is 0 Å². The van der Waals surface area contributed by atoms with E-state index in [1.165, 1.54) is 0 Å². The first-order valence-corrected chi connectivity index (χ1v) is 5.75. The van der Waals surface area contributed by atoms with E-state index in [-0.39, 0.29) is 11.4 Å². The fraction of sp³-hybridized carbons (Fsp3) is 0.917. The highest BCUT2D eigenvalue weighted by Crippen LogP contribution is 2.21. The predicted molar refractivity (Wildman–Crippen MR) is 62.8 cm³/mol. The van der Waals surface area contributed by atoms with Crippen LogP contribution in [0.2, 0.25) is 0 Å². The third-order valence-electron chi connectivity index (χ3n) is 3.47. The van der Waals surface area contributed by atoms with Crippen molar-refractivity contribution in [2.75, 3.05) is 7.11 Å². The summed E-state index contributed by atoms with van der Waals surface area (Å²) in [5.74, 6) is -0.0319. The number of carbonyl (C=O) groups excluding carboxylic acids is 1. The van der Waals surface area contributed by atoms with Crippen molar-refractivity contribution in [3.8, 4) is 0 Å². The Morgan fingerprint density at radius 2 is 1.53 bits per heavy atom. The molecule has 0 bridgehead atoms. The molecule has 0 rings (SSSR count). The number of amides is 1. The summed E-state index contributed by atoms with van der Waals surface area (Å²) in [5.41, 5.74) is -0.822. The van der Waals surface area contributed by atoms with Crippen LogP contribution in [0.4, 0.5) is 0 Å². The van der Waals surface area contributed by atoms with Crippen molar-refractivity contribution in [1.82, 2.24) is 5.32 Å². The molecule has 0 saturated carbocycles. The minimum absolute atomic E-state index is 0.0319. The maximum absolute atomic E-state index is 12.0. The van der Waals surface area contributed by atoms with Crippen LogP contribution < -0.4 is 5.32 Å². The van der Waals surface area contributed by atoms with Crippen molar-refractivity contribution in [3.05, 3.63) is 0 Å². The molecule has 0 heterocycles. The normalized spacial score (nSPS) is 12.7. The summed E-state index contributed by atoms with van der Waals surface area (Å²) in [7, 11) is 1.56. The Kier molecular flexibility index (Phi) is 5.29. The molecule has 0 fully saturated rings. The van der Waals surface area contributed by atoms with Crippen LogP contribution >= 0.6 is 0 Å². The molecule has 0 unspecified atom stereocenters. The van der Waals surface area contributed by atoms with E-state index in [1.54, 1.807) is 21.0 Å². The zero-order chi connectivity index (χ0) is 12.1. The predicted octanol–water partition coefficient (Wildman–Crippen LogP) is 2.50. The molecule has 3 nitrogen and oxygen atoms in total. The molecule has 0 aliphatic heterocycles. The van der Waals surface area contributed by atoms with Crippen LogP contribution in [-0.4, -0.2) is 24.2 Å². The molecule has 0 radical (unpaired) electrons. The fourth-order valence-electron chi connectivity index (χ4n) is 1.50. The molecule has 0 spiro atoms. The molecule has 0 saturated heterocycles. The number of rotatable bonds is 6. The Morgan fingerprint density at radius 1 is 1.13 bits per heavy atom. The average Bonchev–Trinajstić information content (AvgIpc) is 2.25. The van der Waals surface area contributed by atoms with Gasteiger partial charge in [0.1, 0.15) is 5.60 Å². The summed E-state index contributed by atoms with van der Waals surface area (Å²) >= 11 is 0. The first-order chi connectivity index (χ1) is 6.87. The lowest BCUT2D eigenvalue weighted by Gasteiger charge is -2.35. The quantitative estimate of drug-likeness (QED) is 0.739. The van der Waals surface area contributed by atoms with Gasteiger partial charge in [0.2, 0.25) is 0 Å². The van der Waals surface area contributed by atoms with Gasteiger partial charge in [-0.2, -0.15) is 0 Å². The molecule has 0 aromatic rings. The van der Waals surface area contributed by atoms with Crippen molar-refractivity contribution < 1.29 is 9.53 Å². The third-order valence-corrected chi connectivity index (χ3v) is 3.47. The SMILES string of the molecule is CCC(CC)(CC)NC(=O)C(C)(C)OC. The smallest absolute Gasteiger partial charge is 0.252 e. The van der Waals surface area contributed by atoms with Crippen LogP contribution in [0.5, 0.6) is 0 Å². The Morgan fingerprint density at radius 3 is 1.80 bits per heavy atom. The van der Waals surface area contributed by atoms with Crippen molar-refractivity contribution in [1.29, 1.82) is 0 Å². The van der Waals surface area contributed by atoms with Crippen molar-refractivity contribution in [2.24, 2.45) is 0 Å². The topological polar surface area (TPSA) is 38.3 Å². The molecule has 1 amide bonds. The molecule has 90 valence electrons. The molecule has 3 heteroatoms. The number of hydrogen-bond acceptors (Lipinski definition) is 2. The Bertz CT molecular complexity index is 199. The highest BCUT2D eigenvalue weighted by atomic mass is 16.5. The molecular weight excluding hydrogens is 190 g/mol. The molecule has 0 aromatic carbocycles. The Hall–Kier alpha value is -0.570. The van der Waals surface area contributed by atoms with Gasteiger partial charge in [0.25, 0.3) is 5.91 Å². The highest BCUT2D eigenvalue weighted by molar-refractivity contribution is 5.84. The molecule has 15 heavy (non-hydrogen) atoms. The van der Waals surface area contributed by atoms with Crippen molar-refractivity contribution >= 4 is 5.91 Å². The molecular formula is C12H25NO2. The summed E-state index contributed by atoms with van der Waals surface area (Å²) in [4.78, 5) is 12.0. The standard InChI is InChI=1S/C12H25NO2/c1-7-12(8-2,9-3)13-10(14)11(4,5)15-6/h7-9H2,1-6H3,(H,13,14). The highest BCUT2D eigenvalue weighted by Gasteiger charge is 2.33. The van der Waals surface area contributed by atoms with Crippen molar-refractivity contribution in [2.45, 2.75) is 65.0 Å². The maximum Gasteiger partial charge on any atom is 0.252 e. The number of methoxy groups -OCH3 is 1. The van der Waals surface area contributed by atoms with E-state index in [0.717, 1.165) is 19.3 Å². The molecule has 0 atom stereocenters. The van der Waals surface area contributed by atoms with Gasteiger partial charge in [-0.25, -0.2) is 0 Å². The second kappa shape index (κ2) is 5.50. The van der Waals surface area contributed by atoms with Gasteiger partial charge in [-0.1, -0.05) is 20.8 Å². The van der Waals surface area contributed by atoms with Crippen LogP contribution in [0.25, 0.3) is 0 Å². The van der Waals surface area contributed by atoms with E-state index < -0.39 is 5.60 Å². The number of ether oxygens (including phenoxy) is 1. The van der Waals surface area contributed by atoms with Crippen LogP contribution in [-0.2, 0) is 9.53 Å². The average molecular weight is 215 g/mol. The van der Waals surface area contributed by atoms with Gasteiger partial charge in [0, 0.05) is 12.6 Å². The summed E-state index contributed by atoms with van der Waals surface area (Å²) in [6.45, 7) is 9.88. The van der Waals surface area contributed by atoms with E-state index in [1.807, 2.05) is 0 Å². The first-order valence-electron chi connectivity index (χ1n) is 5.75. The minimum Gasteiger partial charge on any atom is -0.369 e. The van der Waals surface area contributed by atoms with Crippen molar-refractivity contribution in [3.63, 3.8) is 0 Å². The lowest BCUT2D eigenvalue weighted by atomic mass is 9.89. The number of carbonyl (C=O) groups is 1. The second-order valence-electron chi connectivity index (χ2n) is 4.51. The molecule has 0 aliphatic carbocycles. The van der Waals surface area contributed by atoms with Gasteiger partial charge in [0.05, 0.1) is 0 Å². The summed E-state index contributed by atoms with van der Waals surface area (Å²) < 4.78 is 5.17. The van der Waals surface area contributed by atoms with E-state index in [9.17, 15) is 4.79 Å². The molecule has 0 aliphatic rings. The van der Waals surface area contributed by atoms with E-state index in [2.05, 4.69) is 26.1 Å². The molecule has 1 N–H and O–H groups in total. The minimum atomic E-state index is -0.745. The summed E-state index contributed by atoms with van der Waals surface area (Å²) in [6.07, 6.45) is 2.85. The first kappa shape index (κ1) is 14.4. The van der Waals surface area contributed by atoms with E-state index in [4.69, 9.17) is 4.74 Å². The van der Waals surface area contributed by atoms with Crippen LogP contribution in [0.15, 0.2) is 0 Å². The number of hydrogen-bond donors (Lipinski definition) is 1. The van der Waals surface area contributed by atoms with Crippen LogP contribution in [0.1, 0.15) is 53.9 Å². The second-order valence-corrected chi connectivity index (χ2v) is 4.51. The zero-order valence-corrected chi connectivity index (χ0v) is 10.9. The zero-order valence-electron chi connectivity index (χ0n) is 10.9. The third kappa shape index (κ3) is 3.49. The molecule has 0 aromatic heterocycles. The van der Waals surface area contributed by atoms with E-state index in [0.29, 0.717) is 0 Å². The fourth-order valence-corrected chi connectivity index (χ4v) is 1.50. The number of nitrogens with one attached hydrogen (secondary N) is 1. The van der Waals surface area contributed by atoms with Crippen LogP contribution in [0.3, 0.4) is 0 Å². The largest absolute Gasteiger partial charge is 0.369 e. The lowest BCUT2D eigenvalue weighted by Crippen LogP contribution is -2.54. The van der Waals surface area contributed by atoms with Gasteiger partial charge in [-0.3, -0.25) is 4.79 Å². The Balaban J connectivity index is 4.62. The van der Waals surface area contributed by atoms with Crippen LogP contribution in [0, 0.1) is 0 Å². The summed E-state index contributed by atoms with van der Waals surface area (Å²) in [5, 5.41) is 3.11. The maximum atomic E-state index is 12.0. The summed E-state index contributed by atoms with van der Waals surface area (Å²) in [6, 6.07) is 0. The lowest BCUT2D eigenvalue weighted by molar-refractivity contribution is -0.141.